The number of ether oxygens (including phenoxy) is 2. The lowest BCUT2D eigenvalue weighted by atomic mass is 9.74. The molecule has 4 atom stereocenters. The van der Waals surface area contributed by atoms with Crippen LogP contribution in [0.3, 0.4) is 0 Å². The standard InChI is InChI=1S/C34H33Cl2FN4O3/c1-4-20-13-24-27(15-29(20)43-3)39-41-17-25-28(18-44-32(24)41)40(16-19-11-12-19)34(2,30(25)23-9-6-10-26(36)31(23)37)33(42)38-22-8-5-7-21(35)14-22/h4-10,13-15,19,25,28,30H,1,11-12,16-18H2,2-3H3,(H,38,42)/t25-,28+,30+,34-/m1/s1. The fourth-order valence-corrected chi connectivity index (χ4v) is 7.63. The van der Waals surface area contributed by atoms with Gasteiger partial charge in [-0.25, -0.2) is 9.07 Å². The van der Waals surface area contributed by atoms with Gasteiger partial charge in [-0.1, -0.05) is 54.1 Å². The number of nitrogens with zero attached hydrogens (tertiary/aromatic N) is 3. The molecular formula is C34H33Cl2FN4O3. The molecule has 10 heteroatoms. The van der Waals surface area contributed by atoms with E-state index < -0.39 is 17.3 Å². The van der Waals surface area contributed by atoms with Crippen LogP contribution in [0.2, 0.25) is 10.0 Å². The number of amides is 1. The molecule has 3 aromatic carbocycles. The van der Waals surface area contributed by atoms with Crippen LogP contribution in [0.15, 0.2) is 61.2 Å². The second kappa shape index (κ2) is 11.1. The predicted octanol–water partition coefficient (Wildman–Crippen LogP) is 7.42. The van der Waals surface area contributed by atoms with Crippen molar-refractivity contribution in [2.75, 3.05) is 25.6 Å². The van der Waals surface area contributed by atoms with Crippen molar-refractivity contribution in [2.24, 2.45) is 11.8 Å². The summed E-state index contributed by atoms with van der Waals surface area (Å²) in [7, 11) is 1.61. The van der Waals surface area contributed by atoms with E-state index in [1.54, 1.807) is 49.6 Å². The van der Waals surface area contributed by atoms with E-state index in [0.29, 0.717) is 53.5 Å². The topological polar surface area (TPSA) is 68.6 Å². The summed E-state index contributed by atoms with van der Waals surface area (Å²) in [6.45, 7) is 7.28. The van der Waals surface area contributed by atoms with Gasteiger partial charge >= 0.3 is 0 Å². The van der Waals surface area contributed by atoms with Crippen LogP contribution < -0.4 is 14.8 Å². The van der Waals surface area contributed by atoms with Gasteiger partial charge < -0.3 is 14.8 Å². The van der Waals surface area contributed by atoms with Crippen molar-refractivity contribution < 1.29 is 18.7 Å². The van der Waals surface area contributed by atoms with Gasteiger partial charge in [0, 0.05) is 47.3 Å². The van der Waals surface area contributed by atoms with Gasteiger partial charge in [0.2, 0.25) is 11.8 Å². The number of nitrogens with one attached hydrogen (secondary N) is 1. The zero-order valence-corrected chi connectivity index (χ0v) is 26.0. The van der Waals surface area contributed by atoms with Gasteiger partial charge in [0.1, 0.15) is 29.2 Å². The summed E-state index contributed by atoms with van der Waals surface area (Å²) in [4.78, 5) is 16.8. The van der Waals surface area contributed by atoms with E-state index in [9.17, 15) is 4.79 Å². The molecule has 228 valence electrons. The Morgan fingerprint density at radius 2 is 2.02 bits per heavy atom. The Morgan fingerprint density at radius 1 is 1.23 bits per heavy atom. The minimum atomic E-state index is -1.14. The fraction of sp³-hybridized carbons (Fsp3) is 0.353. The molecular weight excluding hydrogens is 602 g/mol. The number of halogens is 3. The minimum Gasteiger partial charge on any atom is -0.496 e. The first kappa shape index (κ1) is 29.1. The molecule has 44 heavy (non-hydrogen) atoms. The van der Waals surface area contributed by atoms with Crippen LogP contribution in [-0.4, -0.2) is 52.4 Å². The fourth-order valence-electron chi connectivity index (χ4n) is 7.26. The van der Waals surface area contributed by atoms with Crippen LogP contribution in [0.1, 0.15) is 36.8 Å². The molecule has 0 unspecified atom stereocenters. The first-order valence-electron chi connectivity index (χ1n) is 14.8. The van der Waals surface area contributed by atoms with E-state index in [0.717, 1.165) is 29.3 Å². The molecule has 7 rings (SSSR count). The lowest BCUT2D eigenvalue weighted by molar-refractivity contribution is -0.127. The minimum absolute atomic E-state index is 0.0248. The number of benzene rings is 3. The number of hydrogen-bond acceptors (Lipinski definition) is 5. The molecule has 4 aromatic rings. The van der Waals surface area contributed by atoms with E-state index in [1.165, 1.54) is 6.07 Å². The van der Waals surface area contributed by atoms with Crippen molar-refractivity contribution in [2.45, 2.75) is 43.8 Å². The largest absolute Gasteiger partial charge is 0.496 e. The normalized spacial score (nSPS) is 24.7. The smallest absolute Gasteiger partial charge is 0.245 e. The maximum Gasteiger partial charge on any atom is 0.245 e. The third kappa shape index (κ3) is 4.75. The molecule has 1 aliphatic carbocycles. The predicted molar refractivity (Wildman–Crippen MR) is 171 cm³/mol. The van der Waals surface area contributed by atoms with Gasteiger partial charge in [0.25, 0.3) is 0 Å². The van der Waals surface area contributed by atoms with Crippen molar-refractivity contribution in [1.82, 2.24) is 14.7 Å². The van der Waals surface area contributed by atoms with Crippen LogP contribution in [0.4, 0.5) is 10.1 Å². The quantitative estimate of drug-likeness (QED) is 0.229. The van der Waals surface area contributed by atoms with E-state index in [-0.39, 0.29) is 22.9 Å². The molecule has 1 saturated carbocycles. The van der Waals surface area contributed by atoms with E-state index >= 15 is 4.39 Å². The average molecular weight is 636 g/mol. The van der Waals surface area contributed by atoms with Crippen LogP contribution >= 0.6 is 23.2 Å². The summed E-state index contributed by atoms with van der Waals surface area (Å²) in [6.07, 6.45) is 3.93. The lowest BCUT2D eigenvalue weighted by Crippen LogP contribution is -2.57. The van der Waals surface area contributed by atoms with Gasteiger partial charge in [-0.05, 0) is 61.6 Å². The molecule has 1 N–H and O–H groups in total. The molecule has 1 amide bonds. The van der Waals surface area contributed by atoms with Gasteiger partial charge in [-0.3, -0.25) is 9.69 Å². The molecule has 1 aromatic heterocycles. The number of carbonyl (C=O) groups excluding carboxylic acids is 1. The van der Waals surface area contributed by atoms with Gasteiger partial charge in [0.05, 0.1) is 23.6 Å². The first-order chi connectivity index (χ1) is 21.2. The number of methoxy groups -OCH3 is 1. The number of rotatable bonds is 7. The number of aromatic nitrogens is 2. The molecule has 0 spiro atoms. The Balaban J connectivity index is 1.38. The van der Waals surface area contributed by atoms with Crippen LogP contribution in [0.25, 0.3) is 17.0 Å². The Kier molecular flexibility index (Phi) is 7.34. The summed E-state index contributed by atoms with van der Waals surface area (Å²) in [5.74, 6) is 0.229. The van der Waals surface area contributed by atoms with E-state index in [4.69, 9.17) is 37.8 Å². The molecule has 2 aliphatic heterocycles. The highest BCUT2D eigenvalue weighted by atomic mass is 35.5. The molecule has 1 saturated heterocycles. The second-order valence-electron chi connectivity index (χ2n) is 12.2. The summed E-state index contributed by atoms with van der Waals surface area (Å²) in [5, 5.41) is 9.41. The third-order valence-electron chi connectivity index (χ3n) is 9.57. The van der Waals surface area contributed by atoms with Crippen LogP contribution in [0, 0.1) is 17.7 Å². The summed E-state index contributed by atoms with van der Waals surface area (Å²) >= 11 is 12.6. The van der Waals surface area contributed by atoms with Crippen molar-refractivity contribution >= 4 is 51.8 Å². The van der Waals surface area contributed by atoms with Gasteiger partial charge in [0.15, 0.2) is 0 Å². The maximum atomic E-state index is 16.1. The zero-order chi connectivity index (χ0) is 30.7. The van der Waals surface area contributed by atoms with Crippen LogP contribution in [0.5, 0.6) is 11.6 Å². The number of anilines is 1. The SMILES string of the molecule is C=Cc1cc2c3n(nc2cc1OC)C[C@@H]1[C@H](CO3)N(CC2CC2)[C@@](C)(C(=O)Nc2cccc(Cl)c2)[C@H]1c1cccc(Cl)c1F. The maximum absolute atomic E-state index is 16.1. The van der Waals surface area contributed by atoms with Crippen molar-refractivity contribution in [3.05, 3.63) is 88.2 Å². The van der Waals surface area contributed by atoms with Crippen molar-refractivity contribution in [3.8, 4) is 11.6 Å². The highest BCUT2D eigenvalue weighted by Gasteiger charge is 2.62. The summed E-state index contributed by atoms with van der Waals surface area (Å²) in [5.41, 5.74) is 1.41. The summed E-state index contributed by atoms with van der Waals surface area (Å²) in [6, 6.07) is 15.8. The molecule has 0 bridgehead atoms. The van der Waals surface area contributed by atoms with Gasteiger partial charge in [-0.15, -0.1) is 0 Å². The Bertz CT molecular complexity index is 1790. The van der Waals surface area contributed by atoms with Gasteiger partial charge in [-0.2, -0.15) is 5.10 Å². The molecule has 3 heterocycles. The number of likely N-dealkylation sites (tertiary alicyclic amines) is 1. The zero-order valence-electron chi connectivity index (χ0n) is 24.5. The Morgan fingerprint density at radius 3 is 2.75 bits per heavy atom. The molecule has 3 aliphatic rings. The number of fused-ring (bicyclic) bond motifs is 4. The first-order valence-corrected chi connectivity index (χ1v) is 15.6. The van der Waals surface area contributed by atoms with Crippen molar-refractivity contribution in [3.63, 3.8) is 0 Å². The molecule has 2 fully saturated rings. The van der Waals surface area contributed by atoms with Crippen LogP contribution in [-0.2, 0) is 11.3 Å². The number of hydrogen-bond donors (Lipinski definition) is 1. The summed E-state index contributed by atoms with van der Waals surface area (Å²) < 4.78 is 30.1. The highest BCUT2D eigenvalue weighted by Crippen LogP contribution is 2.54. The Labute approximate surface area is 265 Å². The second-order valence-corrected chi connectivity index (χ2v) is 13.0. The average Bonchev–Trinajstić information content (AvgIpc) is 3.76. The van der Waals surface area contributed by atoms with E-state index in [2.05, 4.69) is 16.8 Å². The third-order valence-corrected chi connectivity index (χ3v) is 10.1. The monoisotopic (exact) mass is 634 g/mol. The molecule has 7 nitrogen and oxygen atoms in total. The lowest BCUT2D eigenvalue weighted by Gasteiger charge is -2.40. The molecule has 0 radical (unpaired) electrons. The highest BCUT2D eigenvalue weighted by molar-refractivity contribution is 6.31. The Hall–Kier alpha value is -3.59. The van der Waals surface area contributed by atoms with Crippen molar-refractivity contribution in [1.29, 1.82) is 0 Å². The van der Waals surface area contributed by atoms with E-state index in [1.807, 2.05) is 23.7 Å². The number of carbonyl (C=O) groups is 1.